The molecular weight excluding hydrogens is 422 g/mol. The van der Waals surface area contributed by atoms with Crippen LogP contribution in [0.2, 0.25) is 0 Å². The second kappa shape index (κ2) is 9.84. The quantitative estimate of drug-likeness (QED) is 0.341. The molecule has 1 aliphatic rings. The molecule has 1 aromatic heterocycles. The van der Waals surface area contributed by atoms with Crippen molar-refractivity contribution >= 4 is 22.5 Å². The number of nitrogens with one attached hydrogen (secondary N) is 2. The second-order valence-corrected chi connectivity index (χ2v) is 9.11. The number of amides is 1. The lowest BCUT2D eigenvalue weighted by Crippen LogP contribution is -2.32. The summed E-state index contributed by atoms with van der Waals surface area (Å²) >= 11 is 0. The van der Waals surface area contributed by atoms with Gasteiger partial charge in [-0.25, -0.2) is 0 Å². The zero-order valence-electron chi connectivity index (χ0n) is 19.6. The maximum Gasteiger partial charge on any atom is 0.255 e. The van der Waals surface area contributed by atoms with Gasteiger partial charge in [-0.2, -0.15) is 0 Å². The SMILES string of the molecule is Cc1ccccc1NC(=O)c1ccc2c(c1)CCC2N(CCO)CCc1c[nH]c2ccccc12. The van der Waals surface area contributed by atoms with Gasteiger partial charge in [0.05, 0.1) is 6.61 Å². The molecule has 5 heteroatoms. The summed E-state index contributed by atoms with van der Waals surface area (Å²) in [6, 6.07) is 22.6. The Bertz CT molecular complexity index is 1310. The predicted molar refractivity (Wildman–Crippen MR) is 137 cm³/mol. The van der Waals surface area contributed by atoms with E-state index in [2.05, 4.69) is 45.7 Å². The third-order valence-corrected chi connectivity index (χ3v) is 7.02. The van der Waals surface area contributed by atoms with E-state index in [0.29, 0.717) is 12.1 Å². The van der Waals surface area contributed by atoms with Crippen LogP contribution >= 0.6 is 0 Å². The Morgan fingerprint density at radius 3 is 2.76 bits per heavy atom. The summed E-state index contributed by atoms with van der Waals surface area (Å²) in [5.41, 5.74) is 7.56. The first-order valence-electron chi connectivity index (χ1n) is 12.0. The van der Waals surface area contributed by atoms with Gasteiger partial charge >= 0.3 is 0 Å². The number of hydrogen-bond acceptors (Lipinski definition) is 3. The Labute approximate surface area is 200 Å². The number of anilines is 1. The first-order valence-corrected chi connectivity index (χ1v) is 12.0. The summed E-state index contributed by atoms with van der Waals surface area (Å²) in [5, 5.41) is 14.1. The van der Waals surface area contributed by atoms with Crippen LogP contribution in [-0.4, -0.2) is 40.6 Å². The molecule has 3 aromatic carbocycles. The van der Waals surface area contributed by atoms with E-state index in [1.54, 1.807) is 0 Å². The standard InChI is InChI=1S/C29H31N3O2/c1-20-6-2-4-8-26(20)31-29(34)22-10-12-25-21(18-22)11-13-28(25)32(16-17-33)15-14-23-19-30-27-9-5-3-7-24(23)27/h2-10,12,18-19,28,30,33H,11,13-17H2,1H3,(H,31,34). The van der Waals surface area contributed by atoms with Crippen LogP contribution in [0.5, 0.6) is 0 Å². The van der Waals surface area contributed by atoms with Crippen molar-refractivity contribution < 1.29 is 9.90 Å². The molecule has 0 saturated carbocycles. The van der Waals surface area contributed by atoms with Crippen molar-refractivity contribution in [3.8, 4) is 0 Å². The molecule has 1 aliphatic carbocycles. The van der Waals surface area contributed by atoms with Gasteiger partial charge in [-0.1, -0.05) is 42.5 Å². The van der Waals surface area contributed by atoms with Crippen LogP contribution in [-0.2, 0) is 12.8 Å². The van der Waals surface area contributed by atoms with Crippen molar-refractivity contribution in [1.82, 2.24) is 9.88 Å². The number of aryl methyl sites for hydroxylation is 2. The number of para-hydroxylation sites is 2. The van der Waals surface area contributed by atoms with Gasteiger partial charge in [0.1, 0.15) is 0 Å². The van der Waals surface area contributed by atoms with Crippen molar-refractivity contribution in [3.05, 3.63) is 101 Å². The molecule has 0 radical (unpaired) electrons. The number of aromatic amines is 1. The van der Waals surface area contributed by atoms with Gasteiger partial charge in [0.25, 0.3) is 5.91 Å². The normalized spacial score (nSPS) is 15.1. The number of aliphatic hydroxyl groups excluding tert-OH is 1. The van der Waals surface area contributed by atoms with Gasteiger partial charge in [-0.05, 0) is 72.7 Å². The number of fused-ring (bicyclic) bond motifs is 2. The third-order valence-electron chi connectivity index (χ3n) is 7.02. The fourth-order valence-electron chi connectivity index (χ4n) is 5.18. The third kappa shape index (κ3) is 4.49. The minimum atomic E-state index is -0.0768. The molecule has 0 bridgehead atoms. The van der Waals surface area contributed by atoms with E-state index < -0.39 is 0 Å². The summed E-state index contributed by atoms with van der Waals surface area (Å²) in [7, 11) is 0. The Kier molecular flexibility index (Phi) is 6.48. The lowest BCUT2D eigenvalue weighted by Gasteiger charge is -2.29. The minimum absolute atomic E-state index is 0.0768. The molecule has 0 aliphatic heterocycles. The van der Waals surface area contributed by atoms with E-state index in [1.165, 1.54) is 22.1 Å². The molecule has 1 heterocycles. The van der Waals surface area contributed by atoms with Gasteiger partial charge < -0.3 is 15.4 Å². The van der Waals surface area contributed by atoms with E-state index in [9.17, 15) is 9.90 Å². The van der Waals surface area contributed by atoms with E-state index in [1.807, 2.05) is 49.4 Å². The summed E-state index contributed by atoms with van der Waals surface area (Å²) in [5.74, 6) is -0.0768. The Hall–Kier alpha value is -3.41. The smallest absolute Gasteiger partial charge is 0.255 e. The average Bonchev–Trinajstić information content (AvgIpc) is 3.47. The summed E-state index contributed by atoms with van der Waals surface area (Å²) in [6.45, 7) is 3.65. The second-order valence-electron chi connectivity index (χ2n) is 9.11. The topological polar surface area (TPSA) is 68.4 Å². The van der Waals surface area contributed by atoms with Crippen molar-refractivity contribution in [2.45, 2.75) is 32.2 Å². The van der Waals surface area contributed by atoms with E-state index in [-0.39, 0.29) is 18.6 Å². The number of rotatable bonds is 8. The average molecular weight is 454 g/mol. The molecule has 5 rings (SSSR count). The molecule has 0 fully saturated rings. The van der Waals surface area contributed by atoms with Crippen LogP contribution in [0, 0.1) is 6.92 Å². The van der Waals surface area contributed by atoms with Crippen molar-refractivity contribution in [2.75, 3.05) is 25.0 Å². The zero-order valence-corrected chi connectivity index (χ0v) is 19.6. The first kappa shape index (κ1) is 22.4. The number of H-pyrrole nitrogens is 1. The van der Waals surface area contributed by atoms with Gasteiger partial charge in [0.2, 0.25) is 0 Å². The highest BCUT2D eigenvalue weighted by atomic mass is 16.3. The molecule has 4 aromatic rings. The van der Waals surface area contributed by atoms with Gasteiger partial charge in [-0.15, -0.1) is 0 Å². The van der Waals surface area contributed by atoms with Crippen LogP contribution < -0.4 is 5.32 Å². The fourth-order valence-corrected chi connectivity index (χ4v) is 5.18. The largest absolute Gasteiger partial charge is 0.395 e. The highest BCUT2D eigenvalue weighted by molar-refractivity contribution is 6.04. The lowest BCUT2D eigenvalue weighted by molar-refractivity contribution is 0.102. The molecule has 174 valence electrons. The maximum atomic E-state index is 12.9. The number of carbonyl (C=O) groups is 1. The monoisotopic (exact) mass is 453 g/mol. The van der Waals surface area contributed by atoms with Crippen LogP contribution in [0.3, 0.4) is 0 Å². The molecule has 0 saturated heterocycles. The van der Waals surface area contributed by atoms with Gasteiger partial charge in [0.15, 0.2) is 0 Å². The summed E-state index contributed by atoms with van der Waals surface area (Å²) in [6.07, 6.45) is 4.98. The van der Waals surface area contributed by atoms with Crippen LogP contribution in [0.4, 0.5) is 5.69 Å². The fraction of sp³-hybridized carbons (Fsp3) is 0.276. The zero-order chi connectivity index (χ0) is 23.5. The number of hydrogen-bond donors (Lipinski definition) is 3. The minimum Gasteiger partial charge on any atom is -0.395 e. The number of aliphatic hydroxyl groups is 1. The van der Waals surface area contributed by atoms with Crippen LogP contribution in [0.25, 0.3) is 10.9 Å². The molecule has 3 N–H and O–H groups in total. The molecule has 5 nitrogen and oxygen atoms in total. The van der Waals surface area contributed by atoms with Gasteiger partial charge in [-0.3, -0.25) is 9.69 Å². The van der Waals surface area contributed by atoms with Crippen molar-refractivity contribution in [3.63, 3.8) is 0 Å². The maximum absolute atomic E-state index is 12.9. The molecule has 1 atom stereocenters. The molecule has 0 spiro atoms. The Morgan fingerprint density at radius 2 is 1.91 bits per heavy atom. The van der Waals surface area contributed by atoms with Crippen LogP contribution in [0.15, 0.2) is 72.9 Å². The predicted octanol–water partition coefficient (Wildman–Crippen LogP) is 5.25. The Morgan fingerprint density at radius 1 is 1.09 bits per heavy atom. The van der Waals surface area contributed by atoms with Gasteiger partial charge in [0, 0.05) is 47.5 Å². The molecule has 34 heavy (non-hydrogen) atoms. The highest BCUT2D eigenvalue weighted by Gasteiger charge is 2.28. The number of carbonyl (C=O) groups excluding carboxylic acids is 1. The summed E-state index contributed by atoms with van der Waals surface area (Å²) in [4.78, 5) is 18.6. The summed E-state index contributed by atoms with van der Waals surface area (Å²) < 4.78 is 0. The van der Waals surface area contributed by atoms with Crippen LogP contribution in [0.1, 0.15) is 45.1 Å². The molecule has 1 amide bonds. The van der Waals surface area contributed by atoms with E-state index in [0.717, 1.165) is 42.6 Å². The highest BCUT2D eigenvalue weighted by Crippen LogP contribution is 2.36. The Balaban J connectivity index is 1.31. The molecular formula is C29H31N3O2. The first-order chi connectivity index (χ1) is 16.6. The van der Waals surface area contributed by atoms with E-state index >= 15 is 0 Å². The number of aromatic nitrogens is 1. The lowest BCUT2D eigenvalue weighted by atomic mass is 10.0. The molecule has 1 unspecified atom stereocenters. The van der Waals surface area contributed by atoms with Crippen molar-refractivity contribution in [1.29, 1.82) is 0 Å². The van der Waals surface area contributed by atoms with Crippen molar-refractivity contribution in [2.24, 2.45) is 0 Å². The number of nitrogens with zero attached hydrogens (tertiary/aromatic N) is 1. The van der Waals surface area contributed by atoms with E-state index in [4.69, 9.17) is 0 Å². The number of benzene rings is 3.